The fourth-order valence-electron chi connectivity index (χ4n) is 3.05. The summed E-state index contributed by atoms with van der Waals surface area (Å²) < 4.78 is 40.5. The number of fused-ring (bicyclic) bond motifs is 1. The van der Waals surface area contributed by atoms with E-state index in [1.54, 1.807) is 19.2 Å². The predicted molar refractivity (Wildman–Crippen MR) is 115 cm³/mol. The highest BCUT2D eigenvalue weighted by atomic mass is 32.2. The molecule has 0 atom stereocenters. The molecule has 0 fully saturated rings. The topological polar surface area (TPSA) is 92.5 Å². The normalized spacial score (nSPS) is 11.0. The molecule has 8 heteroatoms. The summed E-state index contributed by atoms with van der Waals surface area (Å²) in [5.74, 6) is 0.816. The number of aromatic nitrogens is 2. The molecule has 0 spiro atoms. The van der Waals surface area contributed by atoms with Crippen molar-refractivity contribution in [3.63, 3.8) is 0 Å². The molecule has 4 aromatic rings. The molecule has 0 unspecified atom stereocenters. The Morgan fingerprint density at radius 1 is 0.968 bits per heavy atom. The second kappa shape index (κ2) is 9.11. The van der Waals surface area contributed by atoms with E-state index in [-0.39, 0.29) is 4.90 Å². The molecule has 0 saturated heterocycles. The highest BCUT2D eigenvalue weighted by molar-refractivity contribution is 7.85. The first kappa shape index (κ1) is 22.2. The molecule has 0 radical (unpaired) electrons. The van der Waals surface area contributed by atoms with Crippen molar-refractivity contribution in [1.82, 2.24) is 4.57 Å². The number of carbonyl (C=O) groups excluding carboxylic acids is 1. The molecule has 0 bridgehead atoms. The smallest absolute Gasteiger partial charge is 0.286 e. The third kappa shape index (κ3) is 5.17. The Morgan fingerprint density at radius 2 is 1.61 bits per heavy atom. The van der Waals surface area contributed by atoms with Crippen LogP contribution in [0.15, 0.2) is 78.0 Å². The second-order valence-electron chi connectivity index (χ2n) is 6.91. The molecule has 7 nitrogen and oxygen atoms in total. The third-order valence-corrected chi connectivity index (χ3v) is 5.63. The van der Waals surface area contributed by atoms with E-state index in [4.69, 9.17) is 4.74 Å². The van der Waals surface area contributed by atoms with Gasteiger partial charge in [-0.25, -0.2) is 13.0 Å². The number of aryl methyl sites for hydroxylation is 2. The second-order valence-corrected chi connectivity index (χ2v) is 8.29. The number of benzene rings is 2. The first-order valence-electron chi connectivity index (χ1n) is 9.36. The lowest BCUT2D eigenvalue weighted by molar-refractivity contribution is -0.510. The number of imidazole rings is 1. The quantitative estimate of drug-likeness (QED) is 0.277. The summed E-state index contributed by atoms with van der Waals surface area (Å²) in [5.41, 5.74) is 4.83. The highest BCUT2D eigenvalue weighted by Crippen LogP contribution is 2.21. The molecule has 2 aromatic heterocycles. The van der Waals surface area contributed by atoms with E-state index < -0.39 is 10.1 Å². The SMILES string of the molecule is COc1ccc2n(C)c(-c3ccc(C=O)cc3)c[n+]2c1.Cc1ccc(S(=O)(=O)[O-])cc1. The monoisotopic (exact) mass is 438 g/mol. The Labute approximate surface area is 180 Å². The number of hydrogen-bond donors (Lipinski definition) is 0. The van der Waals surface area contributed by atoms with Crippen LogP contribution in [0.4, 0.5) is 0 Å². The summed E-state index contributed by atoms with van der Waals surface area (Å²) >= 11 is 0. The summed E-state index contributed by atoms with van der Waals surface area (Å²) in [4.78, 5) is 10.5. The highest BCUT2D eigenvalue weighted by Gasteiger charge is 2.16. The number of carbonyl (C=O) groups is 1. The Kier molecular flexibility index (Phi) is 6.53. The van der Waals surface area contributed by atoms with Crippen LogP contribution in [0.25, 0.3) is 16.9 Å². The van der Waals surface area contributed by atoms with Crippen LogP contribution in [-0.4, -0.2) is 30.9 Å². The largest absolute Gasteiger partial charge is 0.744 e. The van der Waals surface area contributed by atoms with E-state index in [2.05, 4.69) is 4.57 Å². The van der Waals surface area contributed by atoms with Gasteiger partial charge in [0.2, 0.25) is 0 Å². The number of rotatable bonds is 4. The molecule has 2 aromatic carbocycles. The summed E-state index contributed by atoms with van der Waals surface area (Å²) in [7, 11) is -0.594. The van der Waals surface area contributed by atoms with Crippen LogP contribution < -0.4 is 9.14 Å². The van der Waals surface area contributed by atoms with Gasteiger partial charge in [0.05, 0.1) is 19.1 Å². The van der Waals surface area contributed by atoms with E-state index in [0.29, 0.717) is 5.56 Å². The summed E-state index contributed by atoms with van der Waals surface area (Å²) in [6, 6.07) is 17.3. The van der Waals surface area contributed by atoms with Crippen LogP contribution in [0.5, 0.6) is 5.75 Å². The lowest BCUT2D eigenvalue weighted by atomic mass is 10.1. The number of aldehydes is 1. The Balaban J connectivity index is 0.000000210. The number of nitrogens with zero attached hydrogens (tertiary/aromatic N) is 2. The summed E-state index contributed by atoms with van der Waals surface area (Å²) in [6.45, 7) is 1.82. The van der Waals surface area contributed by atoms with Crippen LogP contribution in [0.2, 0.25) is 0 Å². The van der Waals surface area contributed by atoms with Crippen LogP contribution in [0.1, 0.15) is 15.9 Å². The predicted octanol–water partition coefficient (Wildman–Crippen LogP) is 3.15. The van der Waals surface area contributed by atoms with E-state index in [1.165, 1.54) is 12.1 Å². The lowest BCUT2D eigenvalue weighted by Crippen LogP contribution is -2.18. The van der Waals surface area contributed by atoms with Crippen molar-refractivity contribution in [2.75, 3.05) is 7.11 Å². The molecule has 0 N–H and O–H groups in total. The molecule has 2 heterocycles. The van der Waals surface area contributed by atoms with Crippen LogP contribution in [0, 0.1) is 6.92 Å². The van der Waals surface area contributed by atoms with E-state index in [9.17, 15) is 17.8 Å². The zero-order valence-corrected chi connectivity index (χ0v) is 18.2. The molecular formula is C23H22N2O5S. The summed E-state index contributed by atoms with van der Waals surface area (Å²) in [6.07, 6.45) is 4.84. The molecule has 4 rings (SSSR count). The van der Waals surface area contributed by atoms with E-state index in [0.717, 1.165) is 34.5 Å². The molecule has 0 aliphatic carbocycles. The number of pyridine rings is 1. The van der Waals surface area contributed by atoms with Crippen LogP contribution in [0.3, 0.4) is 0 Å². The Morgan fingerprint density at radius 3 is 2.16 bits per heavy atom. The number of ether oxygens (including phenoxy) is 1. The molecular weight excluding hydrogens is 416 g/mol. The van der Waals surface area contributed by atoms with Gasteiger partial charge in [0.15, 0.2) is 11.4 Å². The van der Waals surface area contributed by atoms with Gasteiger partial charge in [-0.15, -0.1) is 0 Å². The van der Waals surface area contributed by atoms with Crippen LogP contribution >= 0.6 is 0 Å². The summed E-state index contributed by atoms with van der Waals surface area (Å²) in [5, 5.41) is 0. The van der Waals surface area contributed by atoms with Gasteiger partial charge in [-0.2, -0.15) is 4.40 Å². The van der Waals surface area contributed by atoms with Crippen molar-refractivity contribution < 1.29 is 26.9 Å². The maximum atomic E-state index is 10.7. The van der Waals surface area contributed by atoms with Crippen molar-refractivity contribution in [2.45, 2.75) is 11.8 Å². The van der Waals surface area contributed by atoms with Gasteiger partial charge < -0.3 is 9.29 Å². The zero-order valence-electron chi connectivity index (χ0n) is 17.3. The fraction of sp³-hybridized carbons (Fsp3) is 0.130. The van der Waals surface area contributed by atoms with Gasteiger partial charge in [0, 0.05) is 17.2 Å². The van der Waals surface area contributed by atoms with Gasteiger partial charge >= 0.3 is 0 Å². The first-order valence-corrected chi connectivity index (χ1v) is 10.8. The molecule has 31 heavy (non-hydrogen) atoms. The van der Waals surface area contributed by atoms with Crippen molar-refractivity contribution in [3.8, 4) is 17.0 Å². The van der Waals surface area contributed by atoms with Gasteiger partial charge in [0.1, 0.15) is 28.8 Å². The lowest BCUT2D eigenvalue weighted by Gasteiger charge is -2.05. The third-order valence-electron chi connectivity index (χ3n) is 4.78. The number of hydrogen-bond acceptors (Lipinski definition) is 5. The van der Waals surface area contributed by atoms with Crippen molar-refractivity contribution in [3.05, 3.63) is 84.2 Å². The van der Waals surface area contributed by atoms with Gasteiger partial charge in [-0.1, -0.05) is 29.8 Å². The van der Waals surface area contributed by atoms with E-state index in [1.807, 2.05) is 67.2 Å². The fourth-order valence-corrected chi connectivity index (χ4v) is 3.51. The number of methoxy groups -OCH3 is 1. The maximum absolute atomic E-state index is 10.7. The molecule has 0 aliphatic heterocycles. The van der Waals surface area contributed by atoms with Crippen molar-refractivity contribution in [1.29, 1.82) is 0 Å². The average Bonchev–Trinajstić information content (AvgIpc) is 3.09. The Bertz CT molecular complexity index is 1310. The molecule has 0 aliphatic rings. The van der Waals surface area contributed by atoms with Crippen LogP contribution in [-0.2, 0) is 17.2 Å². The van der Waals surface area contributed by atoms with Gasteiger partial charge in [0.25, 0.3) is 5.65 Å². The van der Waals surface area contributed by atoms with Gasteiger partial charge in [-0.05, 0) is 37.3 Å². The minimum absolute atomic E-state index is 0.178. The molecule has 160 valence electrons. The average molecular weight is 439 g/mol. The minimum Gasteiger partial charge on any atom is -0.744 e. The molecule has 0 amide bonds. The Hall–Kier alpha value is -3.49. The van der Waals surface area contributed by atoms with E-state index >= 15 is 0 Å². The van der Waals surface area contributed by atoms with Gasteiger partial charge in [-0.3, -0.25) is 4.79 Å². The first-order chi connectivity index (χ1) is 14.7. The maximum Gasteiger partial charge on any atom is 0.286 e. The molecule has 0 saturated carbocycles. The van der Waals surface area contributed by atoms with Crippen molar-refractivity contribution >= 4 is 22.1 Å². The standard InChI is InChI=1S/C16H15N2O2.C7H8O3S/c1-17-15(13-5-3-12(11-19)4-6-13)10-18-9-14(20-2)7-8-16(17)18;1-6-2-4-7(5-3-6)11(8,9)10/h3-11H,1-2H3;2-5H,1H3,(H,8,9,10)/q+1;/p-1. The zero-order chi connectivity index (χ0) is 22.6. The van der Waals surface area contributed by atoms with Crippen molar-refractivity contribution in [2.24, 2.45) is 7.05 Å². The minimum atomic E-state index is -4.27.